The van der Waals surface area contributed by atoms with Gasteiger partial charge in [-0.05, 0) is 31.4 Å². The Morgan fingerprint density at radius 1 is 1.26 bits per heavy atom. The lowest BCUT2D eigenvalue weighted by molar-refractivity contribution is -0.175. The fraction of sp³-hybridized carbons (Fsp3) is 0.353. The number of rotatable bonds is 7. The fourth-order valence-electron chi connectivity index (χ4n) is 2.62. The number of hydrogen-bond acceptors (Lipinski definition) is 4. The number of nitrogens with one attached hydrogen (secondary N) is 2. The van der Waals surface area contributed by atoms with Crippen LogP contribution in [-0.2, 0) is 20.7 Å². The maximum Gasteiger partial charge on any atom is 0.471 e. The molecule has 7 nitrogen and oxygen atoms in total. The Bertz CT molecular complexity index is 860. The predicted molar refractivity (Wildman–Crippen MR) is 88.2 cm³/mol. The van der Waals surface area contributed by atoms with Gasteiger partial charge in [-0.2, -0.15) is 13.2 Å². The first-order chi connectivity index (χ1) is 12.6. The summed E-state index contributed by atoms with van der Waals surface area (Å²) in [5, 5.41) is 11.2. The number of aromatic amines is 1. The standard InChI is InChI=1S/C17H17F3N2O5/c1-2-27-15(25)13-10(9-5-3-4-6-11(9)21-13)7-8-12(14(23)24)22-16(26)17(18,19)20/h3-6,12,21H,2,7-8H2,1H3,(H,22,26)(H,23,24)/t12-/m0/s1. The second-order valence-corrected chi connectivity index (χ2v) is 5.65. The highest BCUT2D eigenvalue weighted by molar-refractivity contribution is 5.98. The number of amides is 1. The Labute approximate surface area is 151 Å². The molecule has 0 bridgehead atoms. The number of aryl methyl sites for hydroxylation is 1. The number of fused-ring (bicyclic) bond motifs is 1. The van der Waals surface area contributed by atoms with Crippen LogP contribution in [0.2, 0.25) is 0 Å². The lowest BCUT2D eigenvalue weighted by atomic mass is 10.0. The zero-order valence-electron chi connectivity index (χ0n) is 14.2. The maximum absolute atomic E-state index is 12.4. The molecule has 0 fully saturated rings. The molecule has 1 amide bonds. The van der Waals surface area contributed by atoms with Crippen LogP contribution in [0.25, 0.3) is 10.9 Å². The summed E-state index contributed by atoms with van der Waals surface area (Å²) in [7, 11) is 0. The normalized spacial score (nSPS) is 12.6. The van der Waals surface area contributed by atoms with Crippen LogP contribution in [0.15, 0.2) is 24.3 Å². The number of carboxylic acid groups (broad SMARTS) is 1. The molecule has 3 N–H and O–H groups in total. The molecule has 1 heterocycles. The summed E-state index contributed by atoms with van der Waals surface area (Å²) in [5.41, 5.74) is 1.11. The highest BCUT2D eigenvalue weighted by Gasteiger charge is 2.40. The third kappa shape index (κ3) is 4.78. The molecule has 0 aliphatic carbocycles. The second-order valence-electron chi connectivity index (χ2n) is 5.65. The number of carbonyl (C=O) groups excluding carboxylic acids is 2. The molecule has 0 unspecified atom stereocenters. The Morgan fingerprint density at radius 3 is 2.52 bits per heavy atom. The topological polar surface area (TPSA) is 108 Å². The van der Waals surface area contributed by atoms with Crippen LogP contribution in [0.3, 0.4) is 0 Å². The highest BCUT2D eigenvalue weighted by atomic mass is 19.4. The van der Waals surface area contributed by atoms with Crippen molar-refractivity contribution in [3.8, 4) is 0 Å². The summed E-state index contributed by atoms with van der Waals surface area (Å²) in [6.45, 7) is 1.74. The lowest BCUT2D eigenvalue weighted by Gasteiger charge is -2.16. The van der Waals surface area contributed by atoms with Gasteiger partial charge in [-0.15, -0.1) is 0 Å². The Hall–Kier alpha value is -3.04. The third-order valence-corrected chi connectivity index (χ3v) is 3.84. The van der Waals surface area contributed by atoms with Gasteiger partial charge in [-0.3, -0.25) is 4.79 Å². The molecule has 0 aliphatic rings. The van der Waals surface area contributed by atoms with Gasteiger partial charge in [0.05, 0.1) is 6.61 Å². The molecule has 2 rings (SSSR count). The Kier molecular flexibility index (Phi) is 6.09. The smallest absolute Gasteiger partial charge is 0.471 e. The molecule has 27 heavy (non-hydrogen) atoms. The summed E-state index contributed by atoms with van der Waals surface area (Å²) in [6.07, 6.45) is -5.59. The molecule has 10 heteroatoms. The number of carbonyl (C=O) groups is 3. The van der Waals surface area contributed by atoms with E-state index in [0.717, 1.165) is 0 Å². The number of alkyl halides is 3. The van der Waals surface area contributed by atoms with E-state index in [-0.39, 0.29) is 25.1 Å². The SMILES string of the molecule is CCOC(=O)c1[nH]c2ccccc2c1CC[C@H](NC(=O)C(F)(F)F)C(=O)O. The Balaban J connectivity index is 2.28. The van der Waals surface area contributed by atoms with Gasteiger partial charge in [0.2, 0.25) is 0 Å². The molecule has 1 aromatic heterocycles. The van der Waals surface area contributed by atoms with Gasteiger partial charge < -0.3 is 20.1 Å². The molecular formula is C17H17F3N2O5. The average molecular weight is 386 g/mol. The zero-order valence-corrected chi connectivity index (χ0v) is 14.2. The number of halogens is 3. The molecular weight excluding hydrogens is 369 g/mol. The van der Waals surface area contributed by atoms with E-state index in [2.05, 4.69) is 4.98 Å². The summed E-state index contributed by atoms with van der Waals surface area (Å²) in [6, 6.07) is 5.05. The summed E-state index contributed by atoms with van der Waals surface area (Å²) in [4.78, 5) is 37.3. The molecule has 1 aromatic carbocycles. The minimum atomic E-state index is -5.19. The highest BCUT2D eigenvalue weighted by Crippen LogP contribution is 2.25. The summed E-state index contributed by atoms with van der Waals surface area (Å²) in [5.74, 6) is -4.60. The van der Waals surface area contributed by atoms with Gasteiger partial charge in [0, 0.05) is 10.9 Å². The van der Waals surface area contributed by atoms with Crippen LogP contribution in [0.5, 0.6) is 0 Å². The van der Waals surface area contributed by atoms with E-state index in [4.69, 9.17) is 9.84 Å². The molecule has 0 radical (unpaired) electrons. The van der Waals surface area contributed by atoms with Crippen molar-refractivity contribution >= 4 is 28.7 Å². The number of para-hydroxylation sites is 1. The van der Waals surface area contributed by atoms with E-state index in [1.807, 2.05) is 0 Å². The molecule has 0 saturated heterocycles. The second kappa shape index (κ2) is 8.11. The van der Waals surface area contributed by atoms with Crippen molar-refractivity contribution in [1.82, 2.24) is 10.3 Å². The molecule has 2 aromatic rings. The fourth-order valence-corrected chi connectivity index (χ4v) is 2.62. The van der Waals surface area contributed by atoms with E-state index < -0.39 is 30.1 Å². The molecule has 0 spiro atoms. The van der Waals surface area contributed by atoms with Gasteiger partial charge in [0.15, 0.2) is 0 Å². The summed E-state index contributed by atoms with van der Waals surface area (Å²) >= 11 is 0. The van der Waals surface area contributed by atoms with Gasteiger partial charge in [-0.1, -0.05) is 18.2 Å². The van der Waals surface area contributed by atoms with E-state index >= 15 is 0 Å². The largest absolute Gasteiger partial charge is 0.480 e. The minimum absolute atomic E-state index is 0.0622. The number of carboxylic acids is 1. The van der Waals surface area contributed by atoms with Crippen LogP contribution in [0.1, 0.15) is 29.4 Å². The number of aromatic nitrogens is 1. The number of benzene rings is 1. The van der Waals surface area contributed by atoms with Gasteiger partial charge in [0.1, 0.15) is 11.7 Å². The number of ether oxygens (including phenoxy) is 1. The minimum Gasteiger partial charge on any atom is -0.480 e. The number of aliphatic carboxylic acids is 1. The van der Waals surface area contributed by atoms with Crippen molar-refractivity contribution in [3.05, 3.63) is 35.5 Å². The van der Waals surface area contributed by atoms with Crippen molar-refractivity contribution < 1.29 is 37.4 Å². The third-order valence-electron chi connectivity index (χ3n) is 3.84. The monoisotopic (exact) mass is 386 g/mol. The predicted octanol–water partition coefficient (Wildman–Crippen LogP) is 2.41. The zero-order chi connectivity index (χ0) is 20.2. The maximum atomic E-state index is 12.4. The van der Waals surface area contributed by atoms with E-state index in [1.54, 1.807) is 31.2 Å². The number of H-pyrrole nitrogens is 1. The number of esters is 1. The molecule has 0 aliphatic heterocycles. The van der Waals surface area contributed by atoms with Gasteiger partial charge in [-0.25, -0.2) is 9.59 Å². The van der Waals surface area contributed by atoms with Crippen LogP contribution in [0.4, 0.5) is 13.2 Å². The van der Waals surface area contributed by atoms with Crippen molar-refractivity contribution in [2.24, 2.45) is 0 Å². The molecule has 0 saturated carbocycles. The van der Waals surface area contributed by atoms with E-state index in [0.29, 0.717) is 16.5 Å². The van der Waals surface area contributed by atoms with Crippen LogP contribution in [-0.4, -0.2) is 46.8 Å². The first kappa shape index (κ1) is 20.3. The van der Waals surface area contributed by atoms with Crippen LogP contribution >= 0.6 is 0 Å². The molecule has 1 atom stereocenters. The van der Waals surface area contributed by atoms with Crippen LogP contribution < -0.4 is 5.32 Å². The van der Waals surface area contributed by atoms with Crippen molar-refractivity contribution in [2.75, 3.05) is 6.61 Å². The number of hydrogen-bond donors (Lipinski definition) is 3. The quantitative estimate of drug-likeness (QED) is 0.634. The van der Waals surface area contributed by atoms with Crippen molar-refractivity contribution in [1.29, 1.82) is 0 Å². The van der Waals surface area contributed by atoms with Crippen molar-refractivity contribution in [3.63, 3.8) is 0 Å². The van der Waals surface area contributed by atoms with Gasteiger partial charge >= 0.3 is 24.0 Å². The van der Waals surface area contributed by atoms with E-state index in [1.165, 1.54) is 5.32 Å². The first-order valence-corrected chi connectivity index (χ1v) is 8.02. The average Bonchev–Trinajstić information content (AvgIpc) is 2.96. The lowest BCUT2D eigenvalue weighted by Crippen LogP contribution is -2.47. The Morgan fingerprint density at radius 2 is 1.93 bits per heavy atom. The van der Waals surface area contributed by atoms with Crippen LogP contribution in [0, 0.1) is 0 Å². The van der Waals surface area contributed by atoms with Crippen molar-refractivity contribution in [2.45, 2.75) is 32.0 Å². The molecule has 146 valence electrons. The first-order valence-electron chi connectivity index (χ1n) is 8.02. The van der Waals surface area contributed by atoms with E-state index in [9.17, 15) is 27.6 Å². The summed E-state index contributed by atoms with van der Waals surface area (Å²) < 4.78 is 42.1. The van der Waals surface area contributed by atoms with Gasteiger partial charge in [0.25, 0.3) is 0 Å².